The van der Waals surface area contributed by atoms with Crippen molar-refractivity contribution >= 4 is 33.9 Å². The van der Waals surface area contributed by atoms with Gasteiger partial charge in [-0.2, -0.15) is 0 Å². The van der Waals surface area contributed by atoms with E-state index < -0.39 is 0 Å². The van der Waals surface area contributed by atoms with Crippen LogP contribution in [0.5, 0.6) is 0 Å². The molecule has 0 saturated heterocycles. The lowest BCUT2D eigenvalue weighted by Gasteiger charge is -2.21. The van der Waals surface area contributed by atoms with E-state index in [0.29, 0.717) is 5.02 Å². The molecule has 0 spiro atoms. The van der Waals surface area contributed by atoms with Gasteiger partial charge in [-0.3, -0.25) is 4.98 Å². The number of hydrogen-bond acceptors (Lipinski definition) is 3. The molecule has 4 heteroatoms. The summed E-state index contributed by atoms with van der Waals surface area (Å²) in [5, 5.41) is 1.79. The fourth-order valence-corrected chi connectivity index (χ4v) is 2.66. The van der Waals surface area contributed by atoms with Crippen LogP contribution in [0.1, 0.15) is 5.56 Å². The summed E-state index contributed by atoms with van der Waals surface area (Å²) in [6.45, 7) is 0.785. The molecular formula is C17H16ClN3. The summed E-state index contributed by atoms with van der Waals surface area (Å²) in [4.78, 5) is 6.56. The summed E-state index contributed by atoms with van der Waals surface area (Å²) >= 11 is 6.03. The van der Waals surface area contributed by atoms with E-state index in [1.807, 2.05) is 48.7 Å². The fraction of sp³-hybridized carbons (Fsp3) is 0.118. The van der Waals surface area contributed by atoms with Crippen molar-refractivity contribution in [3.05, 3.63) is 65.3 Å². The Morgan fingerprint density at radius 3 is 2.81 bits per heavy atom. The summed E-state index contributed by atoms with van der Waals surface area (Å²) in [7, 11) is 2.06. The number of fused-ring (bicyclic) bond motifs is 1. The third-order valence-corrected chi connectivity index (χ3v) is 3.70. The number of nitrogen functional groups attached to an aromatic ring is 1. The SMILES string of the molecule is CN(Cc1cccc(N)c1)c1ccnc2cc(Cl)ccc12. The molecule has 0 aliphatic carbocycles. The van der Waals surface area contributed by atoms with Crippen LogP contribution >= 0.6 is 11.6 Å². The standard InChI is InChI=1S/C17H16ClN3/c1-21(11-12-3-2-4-14(19)9-12)17-7-8-20-16-10-13(18)5-6-15(16)17/h2-10H,11,19H2,1H3. The van der Waals surface area contributed by atoms with Crippen LogP contribution in [-0.4, -0.2) is 12.0 Å². The zero-order chi connectivity index (χ0) is 14.8. The first-order chi connectivity index (χ1) is 10.1. The first-order valence-corrected chi connectivity index (χ1v) is 7.11. The van der Waals surface area contributed by atoms with Crippen molar-refractivity contribution < 1.29 is 0 Å². The molecule has 1 heterocycles. The lowest BCUT2D eigenvalue weighted by Crippen LogP contribution is -2.16. The molecule has 3 nitrogen and oxygen atoms in total. The molecule has 0 aliphatic heterocycles. The molecule has 0 unspecified atom stereocenters. The molecule has 3 rings (SSSR count). The normalized spacial score (nSPS) is 10.8. The molecule has 1 aromatic heterocycles. The first-order valence-electron chi connectivity index (χ1n) is 6.73. The van der Waals surface area contributed by atoms with Crippen LogP contribution in [0.25, 0.3) is 10.9 Å². The lowest BCUT2D eigenvalue weighted by atomic mass is 10.1. The summed E-state index contributed by atoms with van der Waals surface area (Å²) in [6.07, 6.45) is 1.81. The van der Waals surface area contributed by atoms with Gasteiger partial charge in [-0.15, -0.1) is 0 Å². The topological polar surface area (TPSA) is 42.1 Å². The van der Waals surface area contributed by atoms with E-state index in [1.165, 1.54) is 5.56 Å². The number of hydrogen-bond donors (Lipinski definition) is 1. The van der Waals surface area contributed by atoms with Gasteiger partial charge in [0.05, 0.1) is 5.52 Å². The van der Waals surface area contributed by atoms with Crippen LogP contribution in [0.2, 0.25) is 5.02 Å². The Morgan fingerprint density at radius 2 is 2.00 bits per heavy atom. The maximum absolute atomic E-state index is 6.03. The first kappa shape index (κ1) is 13.7. The van der Waals surface area contributed by atoms with Crippen LogP contribution in [0.3, 0.4) is 0 Å². The molecule has 0 aliphatic rings. The molecule has 0 atom stereocenters. The van der Waals surface area contributed by atoms with E-state index in [-0.39, 0.29) is 0 Å². The van der Waals surface area contributed by atoms with Crippen LogP contribution < -0.4 is 10.6 Å². The maximum Gasteiger partial charge on any atom is 0.0737 e. The van der Waals surface area contributed by atoms with Gasteiger partial charge in [0, 0.05) is 41.6 Å². The molecular weight excluding hydrogens is 282 g/mol. The number of nitrogens with zero attached hydrogens (tertiary/aromatic N) is 2. The van der Waals surface area contributed by atoms with Crippen molar-refractivity contribution in [2.75, 3.05) is 17.7 Å². The van der Waals surface area contributed by atoms with Crippen LogP contribution in [0.15, 0.2) is 54.7 Å². The summed E-state index contributed by atoms with van der Waals surface area (Å²) in [5.74, 6) is 0. The molecule has 106 valence electrons. The molecule has 2 N–H and O–H groups in total. The maximum atomic E-state index is 6.03. The third kappa shape index (κ3) is 2.93. The molecule has 0 amide bonds. The van der Waals surface area contributed by atoms with Gasteiger partial charge in [0.15, 0.2) is 0 Å². The van der Waals surface area contributed by atoms with E-state index in [1.54, 1.807) is 0 Å². The Hall–Kier alpha value is -2.26. The molecule has 0 saturated carbocycles. The smallest absolute Gasteiger partial charge is 0.0737 e. The highest BCUT2D eigenvalue weighted by atomic mass is 35.5. The van der Waals surface area contributed by atoms with Gasteiger partial charge >= 0.3 is 0 Å². The molecule has 3 aromatic rings. The van der Waals surface area contributed by atoms with E-state index in [9.17, 15) is 0 Å². The summed E-state index contributed by atoms with van der Waals surface area (Å²) < 4.78 is 0. The number of nitrogens with two attached hydrogens (primary N) is 1. The minimum absolute atomic E-state index is 0.700. The Bertz CT molecular complexity index is 786. The minimum atomic E-state index is 0.700. The number of pyridine rings is 1. The molecule has 2 aromatic carbocycles. The molecule has 0 bridgehead atoms. The van der Waals surface area contributed by atoms with Gasteiger partial charge < -0.3 is 10.6 Å². The van der Waals surface area contributed by atoms with E-state index in [2.05, 4.69) is 23.0 Å². The monoisotopic (exact) mass is 297 g/mol. The minimum Gasteiger partial charge on any atom is -0.399 e. The van der Waals surface area contributed by atoms with Crippen molar-refractivity contribution in [2.45, 2.75) is 6.54 Å². The predicted octanol–water partition coefficient (Wildman–Crippen LogP) is 4.11. The Labute approximate surface area is 129 Å². The van der Waals surface area contributed by atoms with Crippen LogP contribution in [0, 0.1) is 0 Å². The number of rotatable bonds is 3. The molecule has 0 fully saturated rings. The number of anilines is 2. The molecule has 0 radical (unpaired) electrons. The van der Waals surface area contributed by atoms with Crippen LogP contribution in [0.4, 0.5) is 11.4 Å². The Morgan fingerprint density at radius 1 is 1.14 bits per heavy atom. The van der Waals surface area contributed by atoms with Gasteiger partial charge in [0.1, 0.15) is 0 Å². The second kappa shape index (κ2) is 5.62. The zero-order valence-electron chi connectivity index (χ0n) is 11.8. The van der Waals surface area contributed by atoms with Gasteiger partial charge in [0.25, 0.3) is 0 Å². The van der Waals surface area contributed by atoms with Crippen molar-refractivity contribution in [3.8, 4) is 0 Å². The quantitative estimate of drug-likeness (QED) is 0.740. The second-order valence-electron chi connectivity index (χ2n) is 5.09. The average molecular weight is 298 g/mol. The highest BCUT2D eigenvalue weighted by Crippen LogP contribution is 2.27. The summed E-state index contributed by atoms with van der Waals surface area (Å²) in [5.41, 5.74) is 9.83. The highest BCUT2D eigenvalue weighted by Gasteiger charge is 2.08. The van der Waals surface area contributed by atoms with Crippen molar-refractivity contribution in [1.82, 2.24) is 4.98 Å². The van der Waals surface area contributed by atoms with E-state index in [4.69, 9.17) is 17.3 Å². The number of aromatic nitrogens is 1. The van der Waals surface area contributed by atoms with Crippen molar-refractivity contribution in [1.29, 1.82) is 0 Å². The summed E-state index contributed by atoms with van der Waals surface area (Å²) in [6, 6.07) is 15.7. The number of halogens is 1. The van der Waals surface area contributed by atoms with Crippen molar-refractivity contribution in [3.63, 3.8) is 0 Å². The van der Waals surface area contributed by atoms with Crippen molar-refractivity contribution in [2.24, 2.45) is 0 Å². The lowest BCUT2D eigenvalue weighted by molar-refractivity contribution is 0.927. The third-order valence-electron chi connectivity index (χ3n) is 3.46. The average Bonchev–Trinajstić information content (AvgIpc) is 2.46. The van der Waals surface area contributed by atoms with Crippen LogP contribution in [-0.2, 0) is 6.54 Å². The predicted molar refractivity (Wildman–Crippen MR) is 89.7 cm³/mol. The highest BCUT2D eigenvalue weighted by molar-refractivity contribution is 6.31. The fourth-order valence-electron chi connectivity index (χ4n) is 2.49. The Kier molecular flexibility index (Phi) is 3.67. The molecule has 21 heavy (non-hydrogen) atoms. The zero-order valence-corrected chi connectivity index (χ0v) is 12.5. The van der Waals surface area contributed by atoms with E-state index in [0.717, 1.165) is 28.8 Å². The van der Waals surface area contributed by atoms with Gasteiger partial charge in [-0.1, -0.05) is 23.7 Å². The van der Waals surface area contributed by atoms with Gasteiger partial charge in [-0.05, 0) is 42.0 Å². The largest absolute Gasteiger partial charge is 0.399 e. The van der Waals surface area contributed by atoms with Gasteiger partial charge in [-0.25, -0.2) is 0 Å². The second-order valence-corrected chi connectivity index (χ2v) is 5.53. The number of benzene rings is 2. The van der Waals surface area contributed by atoms with Gasteiger partial charge in [0.2, 0.25) is 0 Å². The van der Waals surface area contributed by atoms with E-state index >= 15 is 0 Å². The Balaban J connectivity index is 1.96.